The van der Waals surface area contributed by atoms with E-state index in [1.807, 2.05) is 61.5 Å². The van der Waals surface area contributed by atoms with Crippen molar-refractivity contribution in [3.05, 3.63) is 69.9 Å². The molecule has 3 N–H and O–H groups in total. The molecule has 2 aromatic heterocycles. The van der Waals surface area contributed by atoms with E-state index in [0.29, 0.717) is 10.0 Å². The summed E-state index contributed by atoms with van der Waals surface area (Å²) in [5, 5.41) is 4.92. The van der Waals surface area contributed by atoms with Gasteiger partial charge in [-0.25, -0.2) is 4.98 Å². The van der Waals surface area contributed by atoms with Gasteiger partial charge in [-0.1, -0.05) is 47.7 Å². The van der Waals surface area contributed by atoms with E-state index in [0.717, 1.165) is 26.2 Å². The summed E-state index contributed by atoms with van der Waals surface area (Å²) in [6.45, 7) is 1.98. The summed E-state index contributed by atoms with van der Waals surface area (Å²) >= 11 is 2.79. The summed E-state index contributed by atoms with van der Waals surface area (Å²) in [4.78, 5) is 18.5. The molecule has 4 rings (SSSR count). The Labute approximate surface area is 153 Å². The molecule has 0 aliphatic heterocycles. The highest BCUT2D eigenvalue weighted by molar-refractivity contribution is 7.23. The SMILES string of the molecule is Cc1c(C(=O)c2sc(Nc3ccccc3)nc2N)sc2ccccc12. The number of nitrogens with two attached hydrogens (primary N) is 1. The highest BCUT2D eigenvalue weighted by Crippen LogP contribution is 2.36. The smallest absolute Gasteiger partial charge is 0.217 e. The average Bonchev–Trinajstić information content (AvgIpc) is 3.16. The Morgan fingerprint density at radius 2 is 1.72 bits per heavy atom. The fourth-order valence-corrected chi connectivity index (χ4v) is 4.76. The minimum absolute atomic E-state index is 0.0604. The van der Waals surface area contributed by atoms with Gasteiger partial charge in [-0.15, -0.1) is 11.3 Å². The second-order valence-electron chi connectivity index (χ2n) is 5.61. The van der Waals surface area contributed by atoms with Crippen LogP contribution in [-0.4, -0.2) is 10.8 Å². The first kappa shape index (κ1) is 15.8. The van der Waals surface area contributed by atoms with Crippen molar-refractivity contribution in [2.24, 2.45) is 0 Å². The van der Waals surface area contributed by atoms with E-state index >= 15 is 0 Å². The molecule has 0 amide bonds. The van der Waals surface area contributed by atoms with E-state index in [9.17, 15) is 4.79 Å². The van der Waals surface area contributed by atoms with Gasteiger partial charge in [-0.05, 0) is 36.1 Å². The summed E-state index contributed by atoms with van der Waals surface area (Å²) in [6, 6.07) is 17.7. The zero-order chi connectivity index (χ0) is 17.4. The van der Waals surface area contributed by atoms with E-state index in [4.69, 9.17) is 5.73 Å². The maximum absolute atomic E-state index is 13.0. The Morgan fingerprint density at radius 3 is 2.48 bits per heavy atom. The van der Waals surface area contributed by atoms with Gasteiger partial charge in [0.15, 0.2) is 5.13 Å². The van der Waals surface area contributed by atoms with Crippen LogP contribution in [0.1, 0.15) is 20.1 Å². The molecule has 0 aliphatic rings. The molecule has 0 radical (unpaired) electrons. The molecule has 25 heavy (non-hydrogen) atoms. The van der Waals surface area contributed by atoms with Gasteiger partial charge in [0, 0.05) is 10.4 Å². The molecule has 0 saturated heterocycles. The number of hydrogen-bond donors (Lipinski definition) is 2. The van der Waals surface area contributed by atoms with Crippen LogP contribution in [0.15, 0.2) is 54.6 Å². The standard InChI is InChI=1S/C19H15N3OS2/c1-11-13-9-5-6-10-14(13)24-16(11)15(23)17-18(20)22-19(25-17)21-12-7-3-2-4-8-12/h2-10H,20H2,1H3,(H,21,22). The fourth-order valence-electron chi connectivity index (χ4n) is 2.69. The predicted octanol–water partition coefficient (Wildman–Crippen LogP) is 5.22. The van der Waals surface area contributed by atoms with Crippen LogP contribution in [0.25, 0.3) is 10.1 Å². The van der Waals surface area contributed by atoms with Crippen LogP contribution in [0.4, 0.5) is 16.6 Å². The molecule has 0 aliphatic carbocycles. The molecular formula is C19H15N3OS2. The van der Waals surface area contributed by atoms with Gasteiger partial charge >= 0.3 is 0 Å². The molecular weight excluding hydrogens is 350 g/mol. The van der Waals surface area contributed by atoms with Gasteiger partial charge in [0.25, 0.3) is 0 Å². The molecule has 0 saturated carbocycles. The lowest BCUT2D eigenvalue weighted by Gasteiger charge is -2.00. The number of hydrogen-bond acceptors (Lipinski definition) is 6. The number of para-hydroxylation sites is 1. The summed E-state index contributed by atoms with van der Waals surface area (Å²) in [6.07, 6.45) is 0. The molecule has 6 heteroatoms. The summed E-state index contributed by atoms with van der Waals surface area (Å²) in [7, 11) is 0. The number of nitrogens with zero attached hydrogens (tertiary/aromatic N) is 1. The van der Waals surface area contributed by atoms with Crippen molar-refractivity contribution < 1.29 is 4.79 Å². The highest BCUT2D eigenvalue weighted by atomic mass is 32.1. The Bertz CT molecular complexity index is 1070. The molecule has 2 aromatic carbocycles. The number of nitrogen functional groups attached to an aromatic ring is 1. The van der Waals surface area contributed by atoms with E-state index in [1.165, 1.54) is 22.7 Å². The number of nitrogens with one attached hydrogen (secondary N) is 1. The molecule has 2 heterocycles. The molecule has 0 bridgehead atoms. The molecule has 124 valence electrons. The largest absolute Gasteiger partial charge is 0.382 e. The summed E-state index contributed by atoms with van der Waals surface area (Å²) < 4.78 is 1.11. The third-order valence-corrected chi connectivity index (χ3v) is 6.19. The first-order chi connectivity index (χ1) is 12.1. The number of rotatable bonds is 4. The van der Waals surface area contributed by atoms with Gasteiger partial charge in [0.1, 0.15) is 10.7 Å². The van der Waals surface area contributed by atoms with Gasteiger partial charge in [-0.3, -0.25) is 4.79 Å². The first-order valence-electron chi connectivity index (χ1n) is 7.74. The van der Waals surface area contributed by atoms with Gasteiger partial charge in [0.05, 0.1) is 4.88 Å². The number of carbonyl (C=O) groups excluding carboxylic acids is 1. The number of fused-ring (bicyclic) bond motifs is 1. The molecule has 0 unspecified atom stereocenters. The number of thiazole rings is 1. The fraction of sp³-hybridized carbons (Fsp3) is 0.0526. The maximum atomic E-state index is 13.0. The molecule has 0 atom stereocenters. The van der Waals surface area contributed by atoms with E-state index in [2.05, 4.69) is 10.3 Å². The average molecular weight is 365 g/mol. The molecule has 4 nitrogen and oxygen atoms in total. The molecule has 4 aromatic rings. The minimum atomic E-state index is -0.0604. The van der Waals surface area contributed by atoms with Crippen molar-refractivity contribution in [3.8, 4) is 0 Å². The third kappa shape index (κ3) is 2.90. The number of anilines is 3. The topological polar surface area (TPSA) is 68.0 Å². The number of aryl methyl sites for hydroxylation is 1. The van der Waals surface area contributed by atoms with Crippen LogP contribution in [0.5, 0.6) is 0 Å². The lowest BCUT2D eigenvalue weighted by molar-refractivity contribution is 0.104. The van der Waals surface area contributed by atoms with Crippen LogP contribution < -0.4 is 11.1 Å². The zero-order valence-electron chi connectivity index (χ0n) is 13.4. The summed E-state index contributed by atoms with van der Waals surface area (Å²) in [5.41, 5.74) is 7.93. The van der Waals surface area contributed by atoms with Crippen molar-refractivity contribution in [3.63, 3.8) is 0 Å². The minimum Gasteiger partial charge on any atom is -0.382 e. The highest BCUT2D eigenvalue weighted by Gasteiger charge is 2.22. The van der Waals surface area contributed by atoms with E-state index in [-0.39, 0.29) is 11.6 Å². The monoisotopic (exact) mass is 365 g/mol. The van der Waals surface area contributed by atoms with Gasteiger partial charge in [-0.2, -0.15) is 0 Å². The number of thiophene rings is 1. The normalized spacial score (nSPS) is 10.9. The van der Waals surface area contributed by atoms with Crippen molar-refractivity contribution in [1.29, 1.82) is 0 Å². The Morgan fingerprint density at radius 1 is 1.00 bits per heavy atom. The number of aromatic nitrogens is 1. The molecule has 0 fully saturated rings. The van der Waals surface area contributed by atoms with Crippen molar-refractivity contribution in [1.82, 2.24) is 4.98 Å². The second kappa shape index (κ2) is 6.31. The van der Waals surface area contributed by atoms with Crippen LogP contribution >= 0.6 is 22.7 Å². The van der Waals surface area contributed by atoms with Gasteiger partial charge in [0.2, 0.25) is 5.78 Å². The third-order valence-electron chi connectivity index (χ3n) is 3.93. The van der Waals surface area contributed by atoms with Crippen LogP contribution in [0.3, 0.4) is 0 Å². The van der Waals surface area contributed by atoms with Crippen LogP contribution in [-0.2, 0) is 0 Å². The second-order valence-corrected chi connectivity index (χ2v) is 7.66. The summed E-state index contributed by atoms with van der Waals surface area (Å²) in [5.74, 6) is 0.208. The van der Waals surface area contributed by atoms with Crippen LogP contribution in [0.2, 0.25) is 0 Å². The van der Waals surface area contributed by atoms with E-state index in [1.54, 1.807) is 0 Å². The number of ketones is 1. The van der Waals surface area contributed by atoms with E-state index < -0.39 is 0 Å². The number of benzene rings is 2. The number of carbonyl (C=O) groups is 1. The molecule has 0 spiro atoms. The Hall–Kier alpha value is -2.70. The first-order valence-corrected chi connectivity index (χ1v) is 9.38. The van der Waals surface area contributed by atoms with Crippen molar-refractivity contribution >= 4 is 55.2 Å². The predicted molar refractivity (Wildman–Crippen MR) is 106 cm³/mol. The Kier molecular flexibility index (Phi) is 3.99. The van der Waals surface area contributed by atoms with Crippen molar-refractivity contribution in [2.75, 3.05) is 11.1 Å². The van der Waals surface area contributed by atoms with Crippen LogP contribution in [0, 0.1) is 6.92 Å². The Balaban J connectivity index is 1.69. The zero-order valence-corrected chi connectivity index (χ0v) is 15.1. The maximum Gasteiger partial charge on any atom is 0.217 e. The lowest BCUT2D eigenvalue weighted by Crippen LogP contribution is -2.01. The van der Waals surface area contributed by atoms with Crippen molar-refractivity contribution in [2.45, 2.75) is 6.92 Å². The van der Waals surface area contributed by atoms with Gasteiger partial charge < -0.3 is 11.1 Å². The quantitative estimate of drug-likeness (QED) is 0.486. The lowest BCUT2D eigenvalue weighted by atomic mass is 10.1.